The molecule has 4 rings (SSSR count). The molecule has 4 nitrogen and oxygen atoms in total. The van der Waals surface area contributed by atoms with Crippen LogP contribution in [-0.4, -0.2) is 25.8 Å². The minimum atomic E-state index is -0.468. The Hall–Kier alpha value is -2.59. The molecule has 1 aliphatic heterocycles. The van der Waals surface area contributed by atoms with Crippen molar-refractivity contribution in [2.24, 2.45) is 0 Å². The molecule has 0 aliphatic carbocycles. The number of cyclic esters (lactones) is 1. The first-order valence-corrected chi connectivity index (χ1v) is 8.04. The van der Waals surface area contributed by atoms with E-state index in [-0.39, 0.29) is 5.97 Å². The average Bonchev–Trinajstić information content (AvgIpc) is 3.03. The Morgan fingerprint density at radius 1 is 1.00 bits per heavy atom. The summed E-state index contributed by atoms with van der Waals surface area (Å²) < 4.78 is 16.5. The second kappa shape index (κ2) is 6.13. The quantitative estimate of drug-likeness (QED) is 0.541. The maximum Gasteiger partial charge on any atom is 0.335 e. The van der Waals surface area contributed by atoms with Crippen molar-refractivity contribution >= 4 is 27.5 Å². The van der Waals surface area contributed by atoms with Crippen LogP contribution in [0.5, 0.6) is 5.75 Å². The molecule has 122 valence electrons. The van der Waals surface area contributed by atoms with Gasteiger partial charge in [0, 0.05) is 17.2 Å². The third kappa shape index (κ3) is 2.39. The lowest BCUT2D eigenvalue weighted by atomic mass is 9.96. The highest BCUT2D eigenvalue weighted by atomic mass is 16.6. The third-order valence-electron chi connectivity index (χ3n) is 4.51. The van der Waals surface area contributed by atoms with Crippen LogP contribution in [0.15, 0.2) is 48.5 Å². The Kier molecular flexibility index (Phi) is 3.82. The van der Waals surface area contributed by atoms with Gasteiger partial charge < -0.3 is 14.2 Å². The number of hydrogen-bond donors (Lipinski definition) is 0. The Morgan fingerprint density at radius 2 is 1.58 bits per heavy atom. The zero-order valence-corrected chi connectivity index (χ0v) is 13.5. The largest absolute Gasteiger partial charge is 0.495 e. The lowest BCUT2D eigenvalue weighted by Crippen LogP contribution is -2.18. The maximum absolute atomic E-state index is 11.7. The van der Waals surface area contributed by atoms with Crippen LogP contribution in [0.25, 0.3) is 21.5 Å². The molecule has 3 aromatic rings. The Bertz CT molecular complexity index is 859. The summed E-state index contributed by atoms with van der Waals surface area (Å²) >= 11 is 0. The third-order valence-corrected chi connectivity index (χ3v) is 4.51. The van der Waals surface area contributed by atoms with Gasteiger partial charge in [0.2, 0.25) is 0 Å². The molecule has 0 aromatic heterocycles. The summed E-state index contributed by atoms with van der Waals surface area (Å²) in [6.07, 6.45) is 0.148. The Labute approximate surface area is 139 Å². The highest BCUT2D eigenvalue weighted by Gasteiger charge is 2.27. The smallest absolute Gasteiger partial charge is 0.335 e. The van der Waals surface area contributed by atoms with Crippen LogP contribution >= 0.6 is 0 Å². The normalized spacial score (nSPS) is 17.4. The van der Waals surface area contributed by atoms with E-state index in [0.29, 0.717) is 19.6 Å². The summed E-state index contributed by atoms with van der Waals surface area (Å²) in [5.74, 6) is 0.599. The highest BCUT2D eigenvalue weighted by molar-refractivity contribution is 6.08. The molecule has 24 heavy (non-hydrogen) atoms. The first-order chi connectivity index (χ1) is 11.8. The predicted molar refractivity (Wildman–Crippen MR) is 92.2 cm³/mol. The zero-order valence-electron chi connectivity index (χ0n) is 13.5. The number of rotatable bonds is 4. The molecule has 1 aliphatic rings. The highest BCUT2D eigenvalue weighted by Crippen LogP contribution is 2.38. The van der Waals surface area contributed by atoms with Crippen molar-refractivity contribution in [3.05, 3.63) is 54.1 Å². The van der Waals surface area contributed by atoms with Crippen LogP contribution in [0.2, 0.25) is 0 Å². The minimum Gasteiger partial charge on any atom is -0.495 e. The van der Waals surface area contributed by atoms with E-state index in [1.165, 1.54) is 0 Å². The number of carbonyl (C=O) groups excluding carboxylic acids is 1. The van der Waals surface area contributed by atoms with Gasteiger partial charge in [-0.05, 0) is 16.3 Å². The van der Waals surface area contributed by atoms with E-state index in [0.717, 1.165) is 32.9 Å². The standard InChI is InChI=1S/C20H18O4/c1-22-19-15-8-4-2-6-13(15)17(14-7-3-5-9-16(14)19)12-24-18-10-11-23-20(18)21/h2-9,18H,10-12H2,1H3. The van der Waals surface area contributed by atoms with Crippen LogP contribution in [0.1, 0.15) is 12.0 Å². The average molecular weight is 322 g/mol. The topological polar surface area (TPSA) is 44.8 Å². The Balaban J connectivity index is 1.87. The molecule has 3 aromatic carbocycles. The van der Waals surface area contributed by atoms with Crippen molar-refractivity contribution in [1.82, 2.24) is 0 Å². The van der Waals surface area contributed by atoms with Crippen molar-refractivity contribution in [2.45, 2.75) is 19.1 Å². The fourth-order valence-electron chi connectivity index (χ4n) is 3.37. The fourth-order valence-corrected chi connectivity index (χ4v) is 3.37. The van der Waals surface area contributed by atoms with Gasteiger partial charge in [0.1, 0.15) is 5.75 Å². The van der Waals surface area contributed by atoms with Gasteiger partial charge in [-0.25, -0.2) is 4.79 Å². The van der Waals surface area contributed by atoms with E-state index in [4.69, 9.17) is 14.2 Å². The molecule has 0 spiro atoms. The summed E-state index contributed by atoms with van der Waals surface area (Å²) in [5.41, 5.74) is 1.07. The summed E-state index contributed by atoms with van der Waals surface area (Å²) in [4.78, 5) is 11.7. The molecule has 0 N–H and O–H groups in total. The van der Waals surface area contributed by atoms with Crippen molar-refractivity contribution in [3.8, 4) is 5.75 Å². The van der Waals surface area contributed by atoms with Crippen molar-refractivity contribution < 1.29 is 19.0 Å². The van der Waals surface area contributed by atoms with E-state index < -0.39 is 6.10 Å². The van der Waals surface area contributed by atoms with Crippen LogP contribution in [-0.2, 0) is 20.9 Å². The van der Waals surface area contributed by atoms with E-state index >= 15 is 0 Å². The van der Waals surface area contributed by atoms with Gasteiger partial charge in [0.05, 0.1) is 20.3 Å². The van der Waals surface area contributed by atoms with Crippen molar-refractivity contribution in [1.29, 1.82) is 0 Å². The second-order valence-electron chi connectivity index (χ2n) is 5.86. The molecule has 0 radical (unpaired) electrons. The van der Waals surface area contributed by atoms with Gasteiger partial charge in [-0.2, -0.15) is 0 Å². The van der Waals surface area contributed by atoms with Gasteiger partial charge in [-0.3, -0.25) is 0 Å². The summed E-state index contributed by atoms with van der Waals surface area (Å²) in [6.45, 7) is 0.804. The van der Waals surface area contributed by atoms with Crippen molar-refractivity contribution in [2.75, 3.05) is 13.7 Å². The number of benzene rings is 3. The molecule has 0 bridgehead atoms. The SMILES string of the molecule is COc1c2ccccc2c(COC2CCOC2=O)c2ccccc12. The predicted octanol–water partition coefficient (Wildman–Crippen LogP) is 3.83. The van der Waals surface area contributed by atoms with E-state index in [9.17, 15) is 4.79 Å². The van der Waals surface area contributed by atoms with Gasteiger partial charge in [-0.15, -0.1) is 0 Å². The van der Waals surface area contributed by atoms with Gasteiger partial charge in [-0.1, -0.05) is 48.5 Å². The molecular formula is C20H18O4. The van der Waals surface area contributed by atoms with E-state index in [2.05, 4.69) is 12.1 Å². The number of carbonyl (C=O) groups is 1. The number of esters is 1. The lowest BCUT2D eigenvalue weighted by molar-refractivity contribution is -0.147. The monoisotopic (exact) mass is 322 g/mol. The van der Waals surface area contributed by atoms with Gasteiger partial charge >= 0.3 is 5.97 Å². The first-order valence-electron chi connectivity index (χ1n) is 8.04. The second-order valence-corrected chi connectivity index (χ2v) is 5.86. The van der Waals surface area contributed by atoms with Crippen molar-refractivity contribution in [3.63, 3.8) is 0 Å². The molecule has 1 heterocycles. The minimum absolute atomic E-state index is 0.267. The molecule has 1 atom stereocenters. The number of fused-ring (bicyclic) bond motifs is 2. The summed E-state index contributed by atoms with van der Waals surface area (Å²) in [5, 5.41) is 4.26. The number of methoxy groups -OCH3 is 1. The number of hydrogen-bond acceptors (Lipinski definition) is 4. The molecular weight excluding hydrogens is 304 g/mol. The first kappa shape index (κ1) is 15.0. The fraction of sp³-hybridized carbons (Fsp3) is 0.250. The molecule has 1 fully saturated rings. The zero-order chi connectivity index (χ0) is 16.5. The maximum atomic E-state index is 11.7. The van der Waals surface area contributed by atoms with Crippen LogP contribution in [0, 0.1) is 0 Å². The van der Waals surface area contributed by atoms with E-state index in [1.807, 2.05) is 36.4 Å². The molecule has 1 unspecified atom stereocenters. The summed E-state index contributed by atoms with van der Waals surface area (Å²) in [7, 11) is 1.69. The van der Waals surface area contributed by atoms with Gasteiger partial charge in [0.25, 0.3) is 0 Å². The molecule has 0 amide bonds. The summed E-state index contributed by atoms with van der Waals surface area (Å²) in [6, 6.07) is 16.2. The molecule has 1 saturated heterocycles. The molecule has 0 saturated carbocycles. The van der Waals surface area contributed by atoms with Crippen LogP contribution < -0.4 is 4.74 Å². The van der Waals surface area contributed by atoms with Crippen LogP contribution in [0.3, 0.4) is 0 Å². The van der Waals surface area contributed by atoms with Crippen LogP contribution in [0.4, 0.5) is 0 Å². The number of ether oxygens (including phenoxy) is 3. The molecule has 4 heteroatoms. The van der Waals surface area contributed by atoms with Gasteiger partial charge in [0.15, 0.2) is 6.10 Å². The van der Waals surface area contributed by atoms with E-state index in [1.54, 1.807) is 7.11 Å². The Morgan fingerprint density at radius 3 is 2.08 bits per heavy atom. The lowest BCUT2D eigenvalue weighted by Gasteiger charge is -2.17.